The first-order chi connectivity index (χ1) is 9.70. The Bertz CT molecular complexity index is 540. The van der Waals surface area contributed by atoms with E-state index in [0.29, 0.717) is 30.4 Å². The summed E-state index contributed by atoms with van der Waals surface area (Å²) in [6.45, 7) is 1.31. The lowest BCUT2D eigenvalue weighted by Crippen LogP contribution is -2.33. The van der Waals surface area contributed by atoms with E-state index in [2.05, 4.69) is 4.98 Å². The first-order valence-electron chi connectivity index (χ1n) is 6.13. The summed E-state index contributed by atoms with van der Waals surface area (Å²) in [7, 11) is 1.60. The van der Waals surface area contributed by atoms with Crippen molar-refractivity contribution in [1.29, 1.82) is 0 Å². The van der Waals surface area contributed by atoms with Gasteiger partial charge in [-0.1, -0.05) is 11.6 Å². The van der Waals surface area contributed by atoms with Crippen LogP contribution in [0.15, 0.2) is 41.1 Å². The number of ether oxygens (including phenoxy) is 1. The fourth-order valence-electron chi connectivity index (χ4n) is 1.73. The molecule has 0 bridgehead atoms. The standard InChI is InChI=1S/C14H15ClN2O3/c1-19-8-6-17(10-12-3-2-7-20-12)14(18)11-4-5-13(15)16-9-11/h2-5,7,9H,6,8,10H2,1H3. The van der Waals surface area contributed by atoms with Crippen molar-refractivity contribution in [3.63, 3.8) is 0 Å². The summed E-state index contributed by atoms with van der Waals surface area (Å²) >= 11 is 5.72. The van der Waals surface area contributed by atoms with E-state index < -0.39 is 0 Å². The lowest BCUT2D eigenvalue weighted by molar-refractivity contribution is 0.0666. The molecule has 0 saturated carbocycles. The second-order valence-electron chi connectivity index (χ2n) is 4.17. The van der Waals surface area contributed by atoms with Gasteiger partial charge >= 0.3 is 0 Å². The molecule has 0 unspecified atom stereocenters. The van der Waals surface area contributed by atoms with Gasteiger partial charge in [0.05, 0.1) is 25.0 Å². The molecule has 1 amide bonds. The third kappa shape index (κ3) is 3.82. The molecular formula is C14H15ClN2O3. The number of nitrogens with zero attached hydrogens (tertiary/aromatic N) is 2. The molecule has 0 spiro atoms. The first kappa shape index (κ1) is 14.6. The van der Waals surface area contributed by atoms with Crippen LogP contribution < -0.4 is 0 Å². The predicted molar refractivity (Wildman–Crippen MR) is 74.6 cm³/mol. The third-order valence-electron chi connectivity index (χ3n) is 2.75. The quantitative estimate of drug-likeness (QED) is 0.769. The number of furan rings is 1. The van der Waals surface area contributed by atoms with Crippen molar-refractivity contribution in [3.8, 4) is 0 Å². The summed E-state index contributed by atoms with van der Waals surface area (Å²) in [6, 6.07) is 6.86. The summed E-state index contributed by atoms with van der Waals surface area (Å²) in [5.41, 5.74) is 0.483. The Labute approximate surface area is 122 Å². The minimum Gasteiger partial charge on any atom is -0.467 e. The van der Waals surface area contributed by atoms with Crippen molar-refractivity contribution in [2.24, 2.45) is 0 Å². The monoisotopic (exact) mass is 294 g/mol. The van der Waals surface area contributed by atoms with Crippen LogP contribution in [0, 0.1) is 0 Å². The average molecular weight is 295 g/mol. The zero-order valence-corrected chi connectivity index (χ0v) is 11.8. The van der Waals surface area contributed by atoms with E-state index in [1.165, 1.54) is 6.20 Å². The number of rotatable bonds is 6. The molecule has 2 aromatic rings. The number of carbonyl (C=O) groups is 1. The molecule has 0 aliphatic rings. The van der Waals surface area contributed by atoms with Gasteiger partial charge in [0.2, 0.25) is 0 Å². The SMILES string of the molecule is COCCN(Cc1ccco1)C(=O)c1ccc(Cl)nc1. The van der Waals surface area contributed by atoms with Crippen molar-refractivity contribution in [2.75, 3.05) is 20.3 Å². The van der Waals surface area contributed by atoms with E-state index in [-0.39, 0.29) is 5.91 Å². The van der Waals surface area contributed by atoms with Crippen LogP contribution in [0.3, 0.4) is 0 Å². The largest absolute Gasteiger partial charge is 0.467 e. The molecule has 0 aliphatic carbocycles. The van der Waals surface area contributed by atoms with Gasteiger partial charge in [0, 0.05) is 19.9 Å². The molecule has 0 radical (unpaired) electrons. The maximum absolute atomic E-state index is 12.4. The number of pyridine rings is 1. The predicted octanol–water partition coefficient (Wildman–Crippen LogP) is 2.62. The van der Waals surface area contributed by atoms with Gasteiger partial charge in [-0.05, 0) is 24.3 Å². The highest BCUT2D eigenvalue weighted by Crippen LogP contribution is 2.12. The van der Waals surface area contributed by atoms with E-state index in [1.54, 1.807) is 36.5 Å². The van der Waals surface area contributed by atoms with Gasteiger partial charge in [0.25, 0.3) is 5.91 Å². The van der Waals surface area contributed by atoms with Crippen molar-refractivity contribution in [3.05, 3.63) is 53.2 Å². The van der Waals surface area contributed by atoms with Crippen LogP contribution in [0.25, 0.3) is 0 Å². The summed E-state index contributed by atoms with van der Waals surface area (Å²) in [5.74, 6) is 0.582. The van der Waals surface area contributed by atoms with Gasteiger partial charge in [-0.3, -0.25) is 4.79 Å². The van der Waals surface area contributed by atoms with Gasteiger partial charge in [0.1, 0.15) is 10.9 Å². The molecule has 0 fully saturated rings. The van der Waals surface area contributed by atoms with Gasteiger partial charge in [0.15, 0.2) is 0 Å². The van der Waals surface area contributed by atoms with Gasteiger partial charge in [-0.15, -0.1) is 0 Å². The fraction of sp³-hybridized carbons (Fsp3) is 0.286. The minimum absolute atomic E-state index is 0.136. The summed E-state index contributed by atoms with van der Waals surface area (Å²) in [6.07, 6.45) is 3.05. The smallest absolute Gasteiger partial charge is 0.255 e. The van der Waals surface area contributed by atoms with Crippen molar-refractivity contribution < 1.29 is 13.9 Å². The molecule has 2 rings (SSSR count). The second-order valence-corrected chi connectivity index (χ2v) is 4.56. The molecule has 0 N–H and O–H groups in total. The highest BCUT2D eigenvalue weighted by atomic mass is 35.5. The van der Waals surface area contributed by atoms with Crippen LogP contribution in [0.5, 0.6) is 0 Å². The number of amides is 1. The Balaban J connectivity index is 2.12. The molecule has 2 heterocycles. The Hall–Kier alpha value is -1.85. The molecule has 0 aliphatic heterocycles. The minimum atomic E-state index is -0.136. The van der Waals surface area contributed by atoms with Crippen LogP contribution in [0.1, 0.15) is 16.1 Å². The van der Waals surface area contributed by atoms with Gasteiger partial charge in [-0.25, -0.2) is 4.98 Å². The van der Waals surface area contributed by atoms with Crippen molar-refractivity contribution in [1.82, 2.24) is 9.88 Å². The van der Waals surface area contributed by atoms with E-state index in [0.717, 1.165) is 5.76 Å². The first-order valence-corrected chi connectivity index (χ1v) is 6.50. The maximum Gasteiger partial charge on any atom is 0.255 e. The highest BCUT2D eigenvalue weighted by Gasteiger charge is 2.17. The zero-order valence-electron chi connectivity index (χ0n) is 11.1. The number of carbonyl (C=O) groups excluding carboxylic acids is 1. The number of methoxy groups -OCH3 is 1. The molecular weight excluding hydrogens is 280 g/mol. The van der Waals surface area contributed by atoms with Crippen LogP contribution in [0.4, 0.5) is 0 Å². The fourth-order valence-corrected chi connectivity index (χ4v) is 1.84. The Morgan fingerprint density at radius 1 is 1.45 bits per heavy atom. The summed E-state index contributed by atoms with van der Waals surface area (Å²) < 4.78 is 10.3. The molecule has 2 aromatic heterocycles. The summed E-state index contributed by atoms with van der Waals surface area (Å²) in [4.78, 5) is 18.0. The number of hydrogen-bond donors (Lipinski definition) is 0. The van der Waals surface area contributed by atoms with Crippen LogP contribution in [-0.2, 0) is 11.3 Å². The second kappa shape index (κ2) is 7.07. The van der Waals surface area contributed by atoms with Gasteiger partial charge in [-0.2, -0.15) is 0 Å². The third-order valence-corrected chi connectivity index (χ3v) is 2.98. The van der Waals surface area contributed by atoms with E-state index >= 15 is 0 Å². The molecule has 6 heteroatoms. The van der Waals surface area contributed by atoms with Crippen LogP contribution in [-0.4, -0.2) is 36.1 Å². The Morgan fingerprint density at radius 2 is 2.30 bits per heavy atom. The van der Waals surface area contributed by atoms with Crippen LogP contribution >= 0.6 is 11.6 Å². The average Bonchev–Trinajstić information content (AvgIpc) is 2.96. The molecule has 20 heavy (non-hydrogen) atoms. The van der Waals surface area contributed by atoms with E-state index in [4.69, 9.17) is 20.8 Å². The lowest BCUT2D eigenvalue weighted by Gasteiger charge is -2.21. The number of aromatic nitrogens is 1. The zero-order chi connectivity index (χ0) is 14.4. The maximum atomic E-state index is 12.4. The number of hydrogen-bond acceptors (Lipinski definition) is 4. The lowest BCUT2D eigenvalue weighted by atomic mass is 10.2. The highest BCUT2D eigenvalue weighted by molar-refractivity contribution is 6.29. The topological polar surface area (TPSA) is 55.6 Å². The molecule has 106 valence electrons. The van der Waals surface area contributed by atoms with Crippen LogP contribution in [0.2, 0.25) is 5.15 Å². The molecule has 0 saturated heterocycles. The van der Waals surface area contributed by atoms with E-state index in [9.17, 15) is 4.79 Å². The molecule has 0 aromatic carbocycles. The Kier molecular flexibility index (Phi) is 5.15. The van der Waals surface area contributed by atoms with Crippen molar-refractivity contribution in [2.45, 2.75) is 6.54 Å². The van der Waals surface area contributed by atoms with E-state index in [1.807, 2.05) is 6.07 Å². The van der Waals surface area contributed by atoms with Crippen molar-refractivity contribution >= 4 is 17.5 Å². The summed E-state index contributed by atoms with van der Waals surface area (Å²) in [5, 5.41) is 0.357. The normalized spacial score (nSPS) is 10.5. The molecule has 0 atom stereocenters. The Morgan fingerprint density at radius 3 is 2.90 bits per heavy atom. The number of halogens is 1. The molecule has 5 nitrogen and oxygen atoms in total. The van der Waals surface area contributed by atoms with Gasteiger partial charge < -0.3 is 14.1 Å².